The zero-order valence-electron chi connectivity index (χ0n) is 12.6. The zero-order valence-corrected chi connectivity index (χ0v) is 12.6. The lowest BCUT2D eigenvalue weighted by molar-refractivity contribution is -0.142. The van der Waals surface area contributed by atoms with Crippen LogP contribution in [0.2, 0.25) is 0 Å². The van der Waals surface area contributed by atoms with Crippen molar-refractivity contribution in [2.24, 2.45) is 0 Å². The Labute approximate surface area is 129 Å². The Bertz CT molecular complexity index is 719. The number of pyridine rings is 1. The molecule has 0 aliphatic rings. The highest BCUT2D eigenvalue weighted by Gasteiger charge is 2.23. The maximum Gasteiger partial charge on any atom is 0.328 e. The Balaban J connectivity index is 2.29. The van der Waals surface area contributed by atoms with Crippen molar-refractivity contribution in [3.8, 4) is 0 Å². The molecule has 2 aromatic rings. The fourth-order valence-electron chi connectivity index (χ4n) is 2.21. The average molecular weight is 298 g/mol. The minimum Gasteiger partial charge on any atom is -0.467 e. The summed E-state index contributed by atoms with van der Waals surface area (Å²) in [5.41, 5.74) is 1.99. The molecule has 5 heteroatoms. The SMILES string of the molecule is C=C(C)C[C@H](NC(=O)c1ccnc2ccccc12)C(=O)OC. The molecule has 1 heterocycles. The van der Waals surface area contributed by atoms with Gasteiger partial charge in [0.05, 0.1) is 18.2 Å². The van der Waals surface area contributed by atoms with Gasteiger partial charge in [0.1, 0.15) is 6.04 Å². The summed E-state index contributed by atoms with van der Waals surface area (Å²) in [5, 5.41) is 3.44. The molecule has 0 unspecified atom stereocenters. The first kappa shape index (κ1) is 15.7. The molecule has 1 aromatic heterocycles. The fourth-order valence-corrected chi connectivity index (χ4v) is 2.21. The van der Waals surface area contributed by atoms with Crippen LogP contribution in [0.3, 0.4) is 0 Å². The van der Waals surface area contributed by atoms with E-state index in [-0.39, 0.29) is 5.91 Å². The second kappa shape index (κ2) is 6.85. The molecule has 0 fully saturated rings. The number of carbonyl (C=O) groups is 2. The number of rotatable bonds is 5. The number of hydrogen-bond donors (Lipinski definition) is 1. The van der Waals surface area contributed by atoms with Crippen LogP contribution in [0, 0.1) is 0 Å². The zero-order chi connectivity index (χ0) is 16.1. The number of aromatic nitrogens is 1. The Morgan fingerprint density at radius 1 is 1.32 bits per heavy atom. The minimum atomic E-state index is -0.748. The normalized spacial score (nSPS) is 11.7. The molecule has 0 bridgehead atoms. The van der Waals surface area contributed by atoms with Gasteiger partial charge >= 0.3 is 5.97 Å². The van der Waals surface area contributed by atoms with E-state index in [1.165, 1.54) is 7.11 Å². The summed E-state index contributed by atoms with van der Waals surface area (Å²) in [6.07, 6.45) is 1.91. The Hall–Kier alpha value is -2.69. The van der Waals surface area contributed by atoms with Crippen LogP contribution in [0.25, 0.3) is 10.9 Å². The molecule has 1 atom stereocenters. The number of nitrogens with zero attached hydrogens (tertiary/aromatic N) is 1. The standard InChI is InChI=1S/C17H18N2O3/c1-11(2)10-15(17(21)22-3)19-16(20)13-8-9-18-14-7-5-4-6-12(13)14/h4-9,15H,1,10H2,2-3H3,(H,19,20)/t15-/m0/s1. The predicted molar refractivity (Wildman–Crippen MR) is 84.4 cm³/mol. The number of amides is 1. The van der Waals surface area contributed by atoms with Crippen LogP contribution >= 0.6 is 0 Å². The summed E-state index contributed by atoms with van der Waals surface area (Å²) in [6.45, 7) is 5.57. The summed E-state index contributed by atoms with van der Waals surface area (Å²) >= 11 is 0. The fraction of sp³-hybridized carbons (Fsp3) is 0.235. The van der Waals surface area contributed by atoms with E-state index in [1.807, 2.05) is 24.3 Å². The van der Waals surface area contributed by atoms with Gasteiger partial charge in [0.15, 0.2) is 0 Å². The summed E-state index contributed by atoms with van der Waals surface area (Å²) < 4.78 is 4.73. The van der Waals surface area contributed by atoms with Gasteiger partial charge in [-0.2, -0.15) is 0 Å². The number of hydrogen-bond acceptors (Lipinski definition) is 4. The van der Waals surface area contributed by atoms with Gasteiger partial charge in [0.2, 0.25) is 0 Å². The van der Waals surface area contributed by atoms with E-state index in [9.17, 15) is 9.59 Å². The van der Waals surface area contributed by atoms with Crippen molar-refractivity contribution in [2.45, 2.75) is 19.4 Å². The monoisotopic (exact) mass is 298 g/mol. The highest BCUT2D eigenvalue weighted by atomic mass is 16.5. The molecular weight excluding hydrogens is 280 g/mol. The first-order valence-corrected chi connectivity index (χ1v) is 6.89. The molecule has 0 spiro atoms. The summed E-state index contributed by atoms with van der Waals surface area (Å²) in [7, 11) is 1.29. The summed E-state index contributed by atoms with van der Waals surface area (Å²) in [5.74, 6) is -0.829. The van der Waals surface area contributed by atoms with E-state index in [2.05, 4.69) is 16.9 Å². The molecule has 0 aliphatic carbocycles. The minimum absolute atomic E-state index is 0.335. The van der Waals surface area contributed by atoms with E-state index in [0.29, 0.717) is 12.0 Å². The lowest BCUT2D eigenvalue weighted by Gasteiger charge is -2.17. The van der Waals surface area contributed by atoms with Crippen molar-refractivity contribution < 1.29 is 14.3 Å². The second-order valence-electron chi connectivity index (χ2n) is 5.09. The molecule has 2 rings (SSSR count). The topological polar surface area (TPSA) is 68.3 Å². The highest BCUT2D eigenvalue weighted by molar-refractivity contribution is 6.07. The lowest BCUT2D eigenvalue weighted by atomic mass is 10.1. The van der Waals surface area contributed by atoms with Crippen molar-refractivity contribution in [3.05, 3.63) is 54.2 Å². The number of esters is 1. The molecule has 0 saturated carbocycles. The lowest BCUT2D eigenvalue weighted by Crippen LogP contribution is -2.41. The maximum atomic E-state index is 12.5. The molecule has 5 nitrogen and oxygen atoms in total. The quantitative estimate of drug-likeness (QED) is 0.680. The largest absolute Gasteiger partial charge is 0.467 e. The first-order valence-electron chi connectivity index (χ1n) is 6.89. The highest BCUT2D eigenvalue weighted by Crippen LogP contribution is 2.16. The van der Waals surface area contributed by atoms with Gasteiger partial charge in [-0.05, 0) is 25.5 Å². The van der Waals surface area contributed by atoms with E-state index in [0.717, 1.165) is 16.5 Å². The van der Waals surface area contributed by atoms with Crippen molar-refractivity contribution in [1.29, 1.82) is 0 Å². The van der Waals surface area contributed by atoms with Crippen LogP contribution in [0.5, 0.6) is 0 Å². The number of para-hydroxylation sites is 1. The number of methoxy groups -OCH3 is 1. The molecule has 1 N–H and O–H groups in total. The third-order valence-corrected chi connectivity index (χ3v) is 3.24. The number of benzene rings is 1. The van der Waals surface area contributed by atoms with Gasteiger partial charge in [0.25, 0.3) is 5.91 Å². The second-order valence-corrected chi connectivity index (χ2v) is 5.09. The molecule has 1 aromatic carbocycles. The van der Waals surface area contributed by atoms with Crippen molar-refractivity contribution in [2.75, 3.05) is 7.11 Å². The van der Waals surface area contributed by atoms with Gasteiger partial charge < -0.3 is 10.1 Å². The molecule has 22 heavy (non-hydrogen) atoms. The van der Waals surface area contributed by atoms with E-state index >= 15 is 0 Å². The maximum absolute atomic E-state index is 12.5. The van der Waals surface area contributed by atoms with E-state index in [4.69, 9.17) is 4.74 Å². The number of ether oxygens (including phenoxy) is 1. The Morgan fingerprint density at radius 2 is 2.05 bits per heavy atom. The molecule has 0 saturated heterocycles. The van der Waals surface area contributed by atoms with Crippen molar-refractivity contribution >= 4 is 22.8 Å². The van der Waals surface area contributed by atoms with E-state index < -0.39 is 12.0 Å². The van der Waals surface area contributed by atoms with Crippen LogP contribution in [0.15, 0.2) is 48.7 Å². The molecule has 0 radical (unpaired) electrons. The van der Waals surface area contributed by atoms with Gasteiger partial charge in [-0.15, -0.1) is 6.58 Å². The van der Waals surface area contributed by atoms with Gasteiger partial charge in [-0.25, -0.2) is 4.79 Å². The molecule has 1 amide bonds. The van der Waals surface area contributed by atoms with Crippen molar-refractivity contribution in [1.82, 2.24) is 10.3 Å². The number of fused-ring (bicyclic) bond motifs is 1. The number of nitrogens with one attached hydrogen (secondary N) is 1. The van der Waals surface area contributed by atoms with Gasteiger partial charge in [-0.1, -0.05) is 23.8 Å². The molecule has 114 valence electrons. The smallest absolute Gasteiger partial charge is 0.328 e. The van der Waals surface area contributed by atoms with Gasteiger partial charge in [-0.3, -0.25) is 9.78 Å². The van der Waals surface area contributed by atoms with Crippen LogP contribution < -0.4 is 5.32 Å². The molecular formula is C17H18N2O3. The van der Waals surface area contributed by atoms with Crippen LogP contribution in [-0.4, -0.2) is 30.0 Å². The summed E-state index contributed by atoms with van der Waals surface area (Å²) in [6, 6.07) is 8.23. The Kier molecular flexibility index (Phi) is 4.88. The van der Waals surface area contributed by atoms with Gasteiger partial charge in [0, 0.05) is 11.6 Å². The summed E-state index contributed by atoms with van der Waals surface area (Å²) in [4.78, 5) is 28.5. The van der Waals surface area contributed by atoms with E-state index in [1.54, 1.807) is 19.2 Å². The van der Waals surface area contributed by atoms with Crippen molar-refractivity contribution in [3.63, 3.8) is 0 Å². The third-order valence-electron chi connectivity index (χ3n) is 3.24. The van der Waals surface area contributed by atoms with Crippen LogP contribution in [0.4, 0.5) is 0 Å². The average Bonchev–Trinajstić information content (AvgIpc) is 2.52. The molecule has 0 aliphatic heterocycles. The Morgan fingerprint density at radius 3 is 2.73 bits per heavy atom. The first-order chi connectivity index (χ1) is 10.5. The third kappa shape index (κ3) is 3.49. The van der Waals surface area contributed by atoms with Crippen LogP contribution in [-0.2, 0) is 9.53 Å². The number of carbonyl (C=O) groups excluding carboxylic acids is 2. The predicted octanol–water partition coefficient (Wildman–Crippen LogP) is 2.47. The van der Waals surface area contributed by atoms with Crippen LogP contribution in [0.1, 0.15) is 23.7 Å².